The van der Waals surface area contributed by atoms with Crippen molar-refractivity contribution in [2.24, 2.45) is 5.73 Å². The molecule has 16 heteroatoms. The summed E-state index contributed by atoms with van der Waals surface area (Å²) in [5.41, 5.74) is 5.61. The Morgan fingerprint density at radius 2 is 1.97 bits per heavy atom. The van der Waals surface area contributed by atoms with Crippen LogP contribution >= 0.6 is 11.6 Å². The predicted molar refractivity (Wildman–Crippen MR) is 128 cm³/mol. The van der Waals surface area contributed by atoms with Gasteiger partial charge in [0, 0.05) is 24.8 Å². The van der Waals surface area contributed by atoms with Crippen LogP contribution in [0, 0.1) is 11.6 Å². The molecule has 5 atom stereocenters. The number of aliphatic hydroxyl groups excluding tert-OH is 2. The van der Waals surface area contributed by atoms with Gasteiger partial charge in [-0.2, -0.15) is 0 Å². The molecule has 1 amide bonds. The maximum atomic E-state index is 14.5. The summed E-state index contributed by atoms with van der Waals surface area (Å²) in [7, 11) is 1.42. The average Bonchev–Trinajstić information content (AvgIpc) is 3.55. The van der Waals surface area contributed by atoms with Gasteiger partial charge < -0.3 is 30.2 Å². The Labute approximate surface area is 225 Å². The predicted octanol–water partition coefficient (Wildman–Crippen LogP) is 1.19. The summed E-state index contributed by atoms with van der Waals surface area (Å²) in [5, 5.41) is 36.9. The molecule has 210 valence electrons. The second kappa shape index (κ2) is 11.1. The number of methoxy groups -OCH3 is 1. The summed E-state index contributed by atoms with van der Waals surface area (Å²) in [6.07, 6.45) is -0.652. The minimum atomic E-state index is -1.28. The van der Waals surface area contributed by atoms with Crippen molar-refractivity contribution < 1.29 is 38.0 Å². The number of halogens is 3. The molecule has 39 heavy (non-hydrogen) atoms. The minimum Gasteiger partial charge on any atom is -0.446 e. The number of rotatable bonds is 8. The van der Waals surface area contributed by atoms with Crippen LogP contribution in [-0.4, -0.2) is 90.5 Å². The molecule has 2 fully saturated rings. The number of ether oxygens (including phenoxy) is 3. The molecule has 5 rings (SSSR count). The van der Waals surface area contributed by atoms with Crippen LogP contribution in [0.5, 0.6) is 0 Å². The largest absolute Gasteiger partial charge is 0.446 e. The lowest BCUT2D eigenvalue weighted by molar-refractivity contribution is -0.216. The van der Waals surface area contributed by atoms with Crippen molar-refractivity contribution >= 4 is 17.7 Å². The summed E-state index contributed by atoms with van der Waals surface area (Å²) < 4.78 is 47.9. The Bertz CT molecular complexity index is 1340. The zero-order chi connectivity index (χ0) is 27.8. The Morgan fingerprint density at radius 1 is 1.21 bits per heavy atom. The van der Waals surface area contributed by atoms with Crippen molar-refractivity contribution in [2.75, 3.05) is 13.7 Å². The lowest BCUT2D eigenvalue weighted by atomic mass is 9.80. The van der Waals surface area contributed by atoms with Gasteiger partial charge in [-0.05, 0) is 25.0 Å². The smallest absolute Gasteiger partial charge is 0.404 e. The number of hydrogen-bond acceptors (Lipinski definition) is 10. The lowest BCUT2D eigenvalue weighted by Crippen LogP contribution is -2.57. The fourth-order valence-electron chi connectivity index (χ4n) is 5.02. The number of aromatic nitrogens is 6. The van der Waals surface area contributed by atoms with Gasteiger partial charge in [0.2, 0.25) is 0 Å². The Balaban J connectivity index is 1.35. The molecule has 0 spiro atoms. The number of amides is 1. The second-order valence-electron chi connectivity index (χ2n) is 9.48. The first-order chi connectivity index (χ1) is 18.7. The molecule has 0 bridgehead atoms. The van der Waals surface area contributed by atoms with Crippen molar-refractivity contribution in [3.63, 3.8) is 0 Å². The summed E-state index contributed by atoms with van der Waals surface area (Å²) in [5.74, 6) is -2.34. The van der Waals surface area contributed by atoms with Gasteiger partial charge in [-0.3, -0.25) is 0 Å². The van der Waals surface area contributed by atoms with Gasteiger partial charge in [-0.1, -0.05) is 22.0 Å². The van der Waals surface area contributed by atoms with Crippen LogP contribution in [0.1, 0.15) is 30.5 Å². The number of nitrogens with two attached hydrogens (primary N) is 1. The summed E-state index contributed by atoms with van der Waals surface area (Å²) >= 11 is 5.65. The Kier molecular flexibility index (Phi) is 7.77. The van der Waals surface area contributed by atoms with Crippen molar-refractivity contribution in [1.82, 2.24) is 30.0 Å². The van der Waals surface area contributed by atoms with E-state index in [2.05, 4.69) is 20.6 Å². The summed E-state index contributed by atoms with van der Waals surface area (Å²) in [6, 6.07) is 1.57. The first kappa shape index (κ1) is 27.3. The van der Waals surface area contributed by atoms with E-state index in [4.69, 9.17) is 31.5 Å². The molecule has 1 saturated heterocycles. The maximum Gasteiger partial charge on any atom is 0.404 e. The molecule has 1 aromatic carbocycles. The molecule has 1 aliphatic heterocycles. The van der Waals surface area contributed by atoms with E-state index in [1.165, 1.54) is 30.1 Å². The molecule has 13 nitrogen and oxygen atoms in total. The van der Waals surface area contributed by atoms with Gasteiger partial charge in [-0.25, -0.2) is 22.9 Å². The van der Waals surface area contributed by atoms with E-state index in [1.54, 1.807) is 10.9 Å². The molecular formula is C23H26ClF2N7O6. The number of primary amides is 1. The van der Waals surface area contributed by atoms with Gasteiger partial charge in [0.15, 0.2) is 11.6 Å². The number of carbonyl (C=O) groups is 1. The highest BCUT2D eigenvalue weighted by molar-refractivity contribution is 6.30. The molecule has 0 unspecified atom stereocenters. The number of aliphatic hydroxyl groups is 2. The SMILES string of the molecule is CO[C@@H]1[C@@H](n2cc(-c3ccc(Cl)c(F)c3F)nn2)[C@@H](O)[C@@H](CO)O[C@@H]1Cn1cc(C2CC(OC(N)=O)C2)nn1. The lowest BCUT2D eigenvalue weighted by Gasteiger charge is -2.43. The molecule has 2 aliphatic rings. The molecule has 1 saturated carbocycles. The number of benzene rings is 1. The summed E-state index contributed by atoms with van der Waals surface area (Å²) in [6.45, 7) is -0.354. The Hall–Kier alpha value is -3.24. The zero-order valence-corrected chi connectivity index (χ0v) is 21.4. The van der Waals surface area contributed by atoms with Gasteiger partial charge in [0.25, 0.3) is 0 Å². The van der Waals surface area contributed by atoms with E-state index in [1.807, 2.05) is 0 Å². The van der Waals surface area contributed by atoms with Crippen molar-refractivity contribution in [3.05, 3.63) is 46.9 Å². The fourth-order valence-corrected chi connectivity index (χ4v) is 5.17. The van der Waals surface area contributed by atoms with Gasteiger partial charge in [0.1, 0.15) is 42.3 Å². The molecule has 0 radical (unpaired) electrons. The normalized spacial score (nSPS) is 28.7. The molecule has 1 aliphatic carbocycles. The molecule has 3 aromatic rings. The van der Waals surface area contributed by atoms with E-state index in [0.29, 0.717) is 18.5 Å². The van der Waals surface area contributed by atoms with Crippen LogP contribution in [0.4, 0.5) is 13.6 Å². The topological polar surface area (TPSA) is 173 Å². The van der Waals surface area contributed by atoms with Crippen LogP contribution in [0.2, 0.25) is 5.02 Å². The number of carbonyl (C=O) groups excluding carboxylic acids is 1. The highest BCUT2D eigenvalue weighted by Gasteiger charge is 2.47. The Morgan fingerprint density at radius 3 is 2.67 bits per heavy atom. The maximum absolute atomic E-state index is 14.5. The van der Waals surface area contributed by atoms with Gasteiger partial charge in [-0.15, -0.1) is 10.2 Å². The third-order valence-electron chi connectivity index (χ3n) is 7.08. The average molecular weight is 570 g/mol. The first-order valence-corrected chi connectivity index (χ1v) is 12.5. The van der Waals surface area contributed by atoms with Crippen LogP contribution in [-0.2, 0) is 20.8 Å². The van der Waals surface area contributed by atoms with Gasteiger partial charge in [0.05, 0.1) is 30.1 Å². The van der Waals surface area contributed by atoms with Crippen LogP contribution in [0.3, 0.4) is 0 Å². The summed E-state index contributed by atoms with van der Waals surface area (Å²) in [4.78, 5) is 10.9. The fraction of sp³-hybridized carbons (Fsp3) is 0.522. The molecule has 4 N–H and O–H groups in total. The van der Waals surface area contributed by atoms with Crippen LogP contribution < -0.4 is 5.73 Å². The van der Waals surface area contributed by atoms with E-state index >= 15 is 0 Å². The standard InChI is InChI=1S/C23H26ClF2N7O6/c1-37-22-16(8-32-6-14(28-30-32)10-4-11(5-10)38-23(27)36)39-17(9-34)21(35)20(22)33-7-15(29-31-33)12-2-3-13(24)19(26)18(12)25/h2-3,6-7,10-11,16-17,20-22,34-35H,4-5,8-9H2,1H3,(H2,27,36)/t10?,11?,16-,17-,20+,21+,22+/m1/s1. The molecule has 2 aromatic heterocycles. The minimum absolute atomic E-state index is 0.00810. The van der Waals surface area contributed by atoms with Crippen molar-refractivity contribution in [3.8, 4) is 11.3 Å². The quantitative estimate of drug-likeness (QED) is 0.334. The highest BCUT2D eigenvalue weighted by atomic mass is 35.5. The zero-order valence-electron chi connectivity index (χ0n) is 20.6. The van der Waals surface area contributed by atoms with E-state index in [0.717, 1.165) is 0 Å². The first-order valence-electron chi connectivity index (χ1n) is 12.1. The van der Waals surface area contributed by atoms with Crippen molar-refractivity contribution in [2.45, 2.75) is 61.9 Å². The molecule has 3 heterocycles. The number of nitrogens with zero attached hydrogens (tertiary/aromatic N) is 6. The van der Waals surface area contributed by atoms with E-state index in [9.17, 15) is 23.8 Å². The van der Waals surface area contributed by atoms with Gasteiger partial charge >= 0.3 is 6.09 Å². The third-order valence-corrected chi connectivity index (χ3v) is 7.37. The second-order valence-corrected chi connectivity index (χ2v) is 9.88. The van der Waals surface area contributed by atoms with Crippen LogP contribution in [0.15, 0.2) is 24.5 Å². The van der Waals surface area contributed by atoms with Crippen LogP contribution in [0.25, 0.3) is 11.3 Å². The van der Waals surface area contributed by atoms with E-state index < -0.39 is 54.8 Å². The third kappa shape index (κ3) is 5.32. The van der Waals surface area contributed by atoms with Crippen molar-refractivity contribution in [1.29, 1.82) is 0 Å². The molecular weight excluding hydrogens is 544 g/mol. The monoisotopic (exact) mass is 569 g/mol. The highest BCUT2D eigenvalue weighted by Crippen LogP contribution is 2.38. The number of hydrogen-bond donors (Lipinski definition) is 3. The van der Waals surface area contributed by atoms with E-state index in [-0.39, 0.29) is 34.8 Å².